The molecule has 0 amide bonds. The molecule has 1 aromatic heterocycles. The number of aromatic nitrogens is 1. The summed E-state index contributed by atoms with van der Waals surface area (Å²) in [4.78, 5) is 12.3. The van der Waals surface area contributed by atoms with Crippen LogP contribution in [0, 0.1) is 6.92 Å². The summed E-state index contributed by atoms with van der Waals surface area (Å²) >= 11 is 0. The van der Waals surface area contributed by atoms with Crippen LogP contribution in [-0.2, 0) is 26.6 Å². The number of fused-ring (bicyclic) bond motifs is 1. The van der Waals surface area contributed by atoms with Crippen molar-refractivity contribution in [2.24, 2.45) is 7.05 Å². The van der Waals surface area contributed by atoms with E-state index in [0.717, 1.165) is 27.6 Å². The van der Waals surface area contributed by atoms with Gasteiger partial charge in [-0.3, -0.25) is 4.72 Å². The van der Waals surface area contributed by atoms with E-state index >= 15 is 0 Å². The molecule has 4 rings (SSSR count). The molecule has 1 N–H and O–H groups in total. The van der Waals surface area contributed by atoms with Crippen molar-refractivity contribution in [2.75, 3.05) is 13.7 Å². The number of aryl methyl sites for hydroxylation is 2. The molecule has 0 bridgehead atoms. The smallest absolute Gasteiger partial charge is 0.330 e. The van der Waals surface area contributed by atoms with Crippen LogP contribution >= 0.6 is 0 Å². The number of rotatable bonds is 9. The van der Waals surface area contributed by atoms with E-state index in [2.05, 4.69) is 4.72 Å². The number of nitrogens with zero attached hydrogens (tertiary/aromatic N) is 1. The van der Waals surface area contributed by atoms with Crippen LogP contribution in [0.15, 0.2) is 90.0 Å². The van der Waals surface area contributed by atoms with Crippen molar-refractivity contribution in [1.29, 1.82) is 0 Å². The van der Waals surface area contributed by atoms with E-state index in [4.69, 9.17) is 9.47 Å². The van der Waals surface area contributed by atoms with Crippen molar-refractivity contribution in [3.05, 3.63) is 107 Å². The summed E-state index contributed by atoms with van der Waals surface area (Å²) in [7, 11) is -0.360. The van der Waals surface area contributed by atoms with E-state index in [0.29, 0.717) is 17.0 Å². The number of hydrogen-bond donors (Lipinski definition) is 1. The minimum absolute atomic E-state index is 0.161. The number of ether oxygens (including phenoxy) is 2. The zero-order chi connectivity index (χ0) is 27.3. The van der Waals surface area contributed by atoms with Gasteiger partial charge in [0.2, 0.25) is 0 Å². The first-order chi connectivity index (χ1) is 18.2. The van der Waals surface area contributed by atoms with Gasteiger partial charge >= 0.3 is 5.97 Å². The normalized spacial score (nSPS) is 12.2. The fourth-order valence-electron chi connectivity index (χ4n) is 4.23. The van der Waals surface area contributed by atoms with E-state index in [9.17, 15) is 13.2 Å². The quantitative estimate of drug-likeness (QED) is 0.230. The molecule has 38 heavy (non-hydrogen) atoms. The van der Waals surface area contributed by atoms with Crippen LogP contribution in [0.2, 0.25) is 0 Å². The predicted octanol–water partition coefficient (Wildman–Crippen LogP) is 5.44. The molecule has 0 atom stereocenters. The monoisotopic (exact) mass is 530 g/mol. The second-order valence-electron chi connectivity index (χ2n) is 8.65. The van der Waals surface area contributed by atoms with Crippen LogP contribution < -0.4 is 9.46 Å². The summed E-state index contributed by atoms with van der Waals surface area (Å²) in [6.07, 6.45) is 4.56. The van der Waals surface area contributed by atoms with E-state index in [1.807, 2.05) is 67.1 Å². The van der Waals surface area contributed by atoms with Gasteiger partial charge in [-0.25, -0.2) is 13.2 Å². The molecule has 0 aliphatic carbocycles. The molecule has 7 nitrogen and oxygen atoms in total. The van der Waals surface area contributed by atoms with E-state index < -0.39 is 16.0 Å². The number of nitrogens with one attached hydrogen (secondary N) is 1. The van der Waals surface area contributed by atoms with E-state index in [-0.39, 0.29) is 11.5 Å². The Morgan fingerprint density at radius 3 is 2.39 bits per heavy atom. The minimum atomic E-state index is -3.84. The fourth-order valence-corrected chi connectivity index (χ4v) is 5.13. The lowest BCUT2D eigenvalue weighted by molar-refractivity contribution is -0.137. The number of carbonyl (C=O) groups is 1. The highest BCUT2D eigenvalue weighted by atomic mass is 32.2. The first-order valence-electron chi connectivity index (χ1n) is 12.1. The highest BCUT2D eigenvalue weighted by Gasteiger charge is 2.21. The summed E-state index contributed by atoms with van der Waals surface area (Å²) in [6, 6.07) is 21.8. The molecular formula is C30H30N2O5S. The molecule has 196 valence electrons. The van der Waals surface area contributed by atoms with Gasteiger partial charge in [0.1, 0.15) is 5.75 Å². The number of sulfonamides is 1. The van der Waals surface area contributed by atoms with Gasteiger partial charge in [0, 0.05) is 47.1 Å². The Balaban J connectivity index is 1.95. The van der Waals surface area contributed by atoms with E-state index in [1.54, 1.807) is 44.4 Å². The Hall–Kier alpha value is -4.30. The molecular weight excluding hydrogens is 500 g/mol. The van der Waals surface area contributed by atoms with E-state index in [1.165, 1.54) is 12.3 Å². The van der Waals surface area contributed by atoms with Crippen molar-refractivity contribution in [3.8, 4) is 5.75 Å². The molecule has 0 fully saturated rings. The first kappa shape index (κ1) is 26.8. The van der Waals surface area contributed by atoms with Crippen molar-refractivity contribution >= 4 is 38.5 Å². The molecule has 3 aromatic carbocycles. The van der Waals surface area contributed by atoms with Crippen LogP contribution in [0.25, 0.3) is 22.6 Å². The third kappa shape index (κ3) is 5.65. The fraction of sp³-hybridized carbons (Fsp3) is 0.167. The van der Waals surface area contributed by atoms with Gasteiger partial charge in [-0.15, -0.1) is 0 Å². The minimum Gasteiger partial charge on any atom is -0.497 e. The van der Waals surface area contributed by atoms with Crippen LogP contribution in [-0.4, -0.2) is 32.7 Å². The Labute approximate surface area is 223 Å². The second-order valence-corrected chi connectivity index (χ2v) is 10.4. The molecule has 0 saturated carbocycles. The lowest BCUT2D eigenvalue weighted by atomic mass is 9.95. The maximum atomic E-state index is 13.2. The van der Waals surface area contributed by atoms with Crippen LogP contribution in [0.5, 0.6) is 5.75 Å². The zero-order valence-corrected chi connectivity index (χ0v) is 22.6. The van der Waals surface area contributed by atoms with Crippen molar-refractivity contribution < 1.29 is 22.7 Å². The number of carbonyl (C=O) groups excluding carboxylic acids is 1. The Morgan fingerprint density at radius 2 is 1.74 bits per heavy atom. The van der Waals surface area contributed by atoms with Crippen molar-refractivity contribution in [1.82, 2.24) is 9.29 Å². The summed E-state index contributed by atoms with van der Waals surface area (Å²) in [6.45, 7) is 3.91. The molecule has 0 aliphatic rings. The molecule has 4 aromatic rings. The molecule has 1 heterocycles. The maximum absolute atomic E-state index is 13.2. The molecule has 0 aliphatic heterocycles. The third-order valence-electron chi connectivity index (χ3n) is 6.16. The Kier molecular flexibility index (Phi) is 8.02. The molecule has 0 spiro atoms. The molecule has 8 heteroatoms. The van der Waals surface area contributed by atoms with Gasteiger partial charge in [-0.2, -0.15) is 0 Å². The predicted molar refractivity (Wildman–Crippen MR) is 150 cm³/mol. The van der Waals surface area contributed by atoms with Crippen LogP contribution in [0.3, 0.4) is 0 Å². The number of methoxy groups -OCH3 is 1. The maximum Gasteiger partial charge on any atom is 0.330 e. The number of benzene rings is 3. The topological polar surface area (TPSA) is 86.6 Å². The standard InChI is InChI=1S/C30H30N2O5S/c1-5-37-29(33)18-17-28-30(25-19-23(36-4)13-16-27(25)32(28)3)26(22-9-7-6-8-10-22)20-31-38(34,35)24-14-11-21(2)12-15-24/h6-20,31H,5H2,1-4H3/b18-17+,26-20?. The largest absolute Gasteiger partial charge is 0.497 e. The summed E-state index contributed by atoms with van der Waals surface area (Å²) in [5.74, 6) is 0.185. The summed E-state index contributed by atoms with van der Waals surface area (Å²) < 4.78 is 41.6. The second kappa shape index (κ2) is 11.4. The number of esters is 1. The van der Waals surface area contributed by atoms with Crippen LogP contribution in [0.1, 0.15) is 29.3 Å². The average Bonchev–Trinajstić information content (AvgIpc) is 3.19. The van der Waals surface area contributed by atoms with Gasteiger partial charge in [-0.05, 0) is 55.8 Å². The van der Waals surface area contributed by atoms with Gasteiger partial charge in [0.25, 0.3) is 10.0 Å². The van der Waals surface area contributed by atoms with Gasteiger partial charge in [-0.1, -0.05) is 48.0 Å². The third-order valence-corrected chi connectivity index (χ3v) is 7.48. The SMILES string of the molecule is CCOC(=O)/C=C/c1c(C(=CNS(=O)(=O)c2ccc(C)cc2)c2ccccc2)c2cc(OC)ccc2n1C. The average molecular weight is 531 g/mol. The molecule has 0 radical (unpaired) electrons. The number of hydrogen-bond acceptors (Lipinski definition) is 5. The summed E-state index contributed by atoms with van der Waals surface area (Å²) in [5.41, 5.74) is 4.70. The highest BCUT2D eigenvalue weighted by molar-refractivity contribution is 7.89. The molecule has 0 unspecified atom stereocenters. The van der Waals surface area contributed by atoms with Crippen molar-refractivity contribution in [3.63, 3.8) is 0 Å². The van der Waals surface area contributed by atoms with Crippen LogP contribution in [0.4, 0.5) is 0 Å². The Bertz CT molecular complexity index is 1620. The lowest BCUT2D eigenvalue weighted by Crippen LogP contribution is -2.18. The lowest BCUT2D eigenvalue weighted by Gasteiger charge is -2.12. The highest BCUT2D eigenvalue weighted by Crippen LogP contribution is 2.37. The summed E-state index contributed by atoms with van der Waals surface area (Å²) in [5, 5.41) is 0.833. The van der Waals surface area contributed by atoms with Gasteiger partial charge in [0.05, 0.1) is 18.6 Å². The zero-order valence-electron chi connectivity index (χ0n) is 21.8. The van der Waals surface area contributed by atoms with Gasteiger partial charge in [0.15, 0.2) is 0 Å². The molecule has 0 saturated heterocycles. The Morgan fingerprint density at radius 1 is 1.03 bits per heavy atom. The van der Waals surface area contributed by atoms with Gasteiger partial charge < -0.3 is 14.0 Å². The van der Waals surface area contributed by atoms with Crippen molar-refractivity contribution in [2.45, 2.75) is 18.7 Å². The first-order valence-corrected chi connectivity index (χ1v) is 13.6.